The third kappa shape index (κ3) is 2.05. The van der Waals surface area contributed by atoms with Crippen LogP contribution >= 0.6 is 11.8 Å². The molecule has 2 rings (SSSR count). The molecule has 2 aliphatic heterocycles. The van der Waals surface area contributed by atoms with E-state index in [-0.39, 0.29) is 11.5 Å². The van der Waals surface area contributed by atoms with Gasteiger partial charge in [-0.25, -0.2) is 8.42 Å². The van der Waals surface area contributed by atoms with Crippen molar-refractivity contribution in [1.82, 2.24) is 0 Å². The number of hydrogen-bond acceptors (Lipinski definition) is 5. The molecule has 0 amide bonds. The van der Waals surface area contributed by atoms with Gasteiger partial charge in [-0.05, 0) is 30.8 Å². The lowest BCUT2D eigenvalue weighted by molar-refractivity contribution is -0.0170. The fourth-order valence-electron chi connectivity index (χ4n) is 2.43. The number of hydrogen-bond donors (Lipinski definition) is 2. The maximum atomic E-state index is 11.4. The summed E-state index contributed by atoms with van der Waals surface area (Å²) in [6, 6.07) is 0. The van der Waals surface area contributed by atoms with E-state index in [2.05, 4.69) is 0 Å². The van der Waals surface area contributed by atoms with Crippen molar-refractivity contribution < 1.29 is 13.5 Å². The van der Waals surface area contributed by atoms with E-state index in [1.54, 1.807) is 0 Å². The molecule has 2 aliphatic rings. The van der Waals surface area contributed by atoms with Crippen molar-refractivity contribution in [3.8, 4) is 0 Å². The molecular weight excluding hydrogens is 234 g/mol. The molecule has 88 valence electrons. The van der Waals surface area contributed by atoms with E-state index in [1.165, 1.54) is 0 Å². The molecule has 6 heteroatoms. The zero-order chi connectivity index (χ0) is 11.2. The van der Waals surface area contributed by atoms with Gasteiger partial charge in [0.25, 0.3) is 0 Å². The number of nitrogens with two attached hydrogens (primary N) is 1. The monoisotopic (exact) mass is 251 g/mol. The van der Waals surface area contributed by atoms with E-state index in [9.17, 15) is 13.5 Å². The van der Waals surface area contributed by atoms with Crippen molar-refractivity contribution in [1.29, 1.82) is 0 Å². The Bertz CT molecular complexity index is 348. The minimum Gasteiger partial charge on any atom is -0.387 e. The van der Waals surface area contributed by atoms with Crippen molar-refractivity contribution in [2.24, 2.45) is 5.73 Å². The highest BCUT2D eigenvalue weighted by molar-refractivity contribution is 7.99. The summed E-state index contributed by atoms with van der Waals surface area (Å²) in [4.78, 5) is 0. The molecule has 2 saturated heterocycles. The minimum absolute atomic E-state index is 0.0790. The Kier molecular flexibility index (Phi) is 2.82. The van der Waals surface area contributed by atoms with E-state index in [4.69, 9.17) is 5.73 Å². The number of rotatable bonds is 1. The van der Waals surface area contributed by atoms with Crippen molar-refractivity contribution in [3.05, 3.63) is 0 Å². The van der Waals surface area contributed by atoms with Crippen molar-refractivity contribution in [2.75, 3.05) is 23.0 Å². The Balaban J connectivity index is 2.22. The maximum absolute atomic E-state index is 11.4. The van der Waals surface area contributed by atoms with Crippen molar-refractivity contribution in [3.63, 3.8) is 0 Å². The fourth-order valence-corrected chi connectivity index (χ4v) is 5.60. The number of aliphatic hydroxyl groups is 1. The second-order valence-electron chi connectivity index (χ2n) is 4.64. The molecule has 1 unspecified atom stereocenters. The van der Waals surface area contributed by atoms with Gasteiger partial charge in [-0.3, -0.25) is 0 Å². The van der Waals surface area contributed by atoms with Gasteiger partial charge in [0.15, 0.2) is 9.84 Å². The Morgan fingerprint density at radius 1 is 1.20 bits per heavy atom. The molecule has 4 nitrogen and oxygen atoms in total. The van der Waals surface area contributed by atoms with Gasteiger partial charge in [-0.15, -0.1) is 0 Å². The first-order valence-electron chi connectivity index (χ1n) is 5.16. The third-order valence-corrected chi connectivity index (χ3v) is 6.33. The zero-order valence-electron chi connectivity index (χ0n) is 8.61. The molecule has 0 saturated carbocycles. The molecule has 15 heavy (non-hydrogen) atoms. The minimum atomic E-state index is -3.08. The molecule has 0 spiro atoms. The summed E-state index contributed by atoms with van der Waals surface area (Å²) >= 11 is 1.81. The van der Waals surface area contributed by atoms with E-state index in [0.29, 0.717) is 19.3 Å². The van der Waals surface area contributed by atoms with E-state index in [1.807, 2.05) is 11.8 Å². The molecule has 0 aliphatic carbocycles. The summed E-state index contributed by atoms with van der Waals surface area (Å²) in [5.41, 5.74) is 4.31. The molecular formula is C9H17NO3S2. The lowest BCUT2D eigenvalue weighted by Crippen LogP contribution is -2.63. The van der Waals surface area contributed by atoms with E-state index < -0.39 is 21.0 Å². The van der Waals surface area contributed by atoms with Crippen molar-refractivity contribution >= 4 is 21.6 Å². The third-order valence-electron chi connectivity index (χ3n) is 3.60. The van der Waals surface area contributed by atoms with E-state index in [0.717, 1.165) is 11.5 Å². The molecule has 2 heterocycles. The van der Waals surface area contributed by atoms with Crippen LogP contribution in [-0.4, -0.2) is 47.7 Å². The highest BCUT2D eigenvalue weighted by Crippen LogP contribution is 2.40. The Labute approximate surface area is 94.5 Å². The summed E-state index contributed by atoms with van der Waals surface area (Å²) in [6.45, 7) is 0. The van der Waals surface area contributed by atoms with Crippen LogP contribution in [0.25, 0.3) is 0 Å². The number of sulfone groups is 1. The summed E-state index contributed by atoms with van der Waals surface area (Å²) in [6.07, 6.45) is 1.73. The fraction of sp³-hybridized carbons (Fsp3) is 1.00. The lowest BCUT2D eigenvalue weighted by atomic mass is 9.76. The van der Waals surface area contributed by atoms with Crippen LogP contribution in [0.2, 0.25) is 0 Å². The van der Waals surface area contributed by atoms with Gasteiger partial charge in [0.1, 0.15) is 0 Å². The first-order chi connectivity index (χ1) is 6.87. The Morgan fingerprint density at radius 3 is 2.27 bits per heavy atom. The van der Waals surface area contributed by atoms with Crippen LogP contribution in [0, 0.1) is 0 Å². The molecule has 1 atom stereocenters. The summed E-state index contributed by atoms with van der Waals surface area (Å²) in [5, 5.41) is 10.4. The van der Waals surface area contributed by atoms with Gasteiger partial charge in [0.05, 0.1) is 17.1 Å². The molecule has 0 aromatic heterocycles. The SMILES string of the molecule is NC1(C2(O)CCS(=O)(=O)C2)CCSCC1. The normalized spacial score (nSPS) is 39.1. The van der Waals surface area contributed by atoms with Crippen LogP contribution in [0.1, 0.15) is 19.3 Å². The largest absolute Gasteiger partial charge is 0.387 e. The average Bonchev–Trinajstić information content (AvgIpc) is 2.44. The smallest absolute Gasteiger partial charge is 0.153 e. The highest BCUT2D eigenvalue weighted by Gasteiger charge is 2.54. The van der Waals surface area contributed by atoms with Gasteiger partial charge < -0.3 is 10.8 Å². The molecule has 2 fully saturated rings. The highest BCUT2D eigenvalue weighted by atomic mass is 32.2. The van der Waals surface area contributed by atoms with Gasteiger partial charge >= 0.3 is 0 Å². The quantitative estimate of drug-likeness (QED) is 0.672. The average molecular weight is 251 g/mol. The van der Waals surface area contributed by atoms with E-state index >= 15 is 0 Å². The van der Waals surface area contributed by atoms with Crippen LogP contribution < -0.4 is 5.73 Å². The van der Waals surface area contributed by atoms with Crippen LogP contribution in [0.3, 0.4) is 0 Å². The van der Waals surface area contributed by atoms with Crippen LogP contribution in [0.4, 0.5) is 0 Å². The first-order valence-corrected chi connectivity index (χ1v) is 8.14. The predicted molar refractivity (Wildman–Crippen MR) is 61.7 cm³/mol. The van der Waals surface area contributed by atoms with Crippen LogP contribution in [0.5, 0.6) is 0 Å². The van der Waals surface area contributed by atoms with Gasteiger partial charge in [0.2, 0.25) is 0 Å². The summed E-state index contributed by atoms with van der Waals surface area (Å²) < 4.78 is 22.8. The zero-order valence-corrected chi connectivity index (χ0v) is 10.2. The molecule has 0 radical (unpaired) electrons. The second kappa shape index (κ2) is 3.61. The van der Waals surface area contributed by atoms with Crippen LogP contribution in [0.15, 0.2) is 0 Å². The lowest BCUT2D eigenvalue weighted by Gasteiger charge is -2.44. The first kappa shape index (κ1) is 11.7. The molecule has 0 aromatic carbocycles. The maximum Gasteiger partial charge on any atom is 0.153 e. The number of thioether (sulfide) groups is 1. The molecule has 3 N–H and O–H groups in total. The molecule has 0 aromatic rings. The summed E-state index contributed by atoms with van der Waals surface area (Å²) in [7, 11) is -3.08. The van der Waals surface area contributed by atoms with Crippen molar-refractivity contribution in [2.45, 2.75) is 30.4 Å². The van der Waals surface area contributed by atoms with Gasteiger partial charge in [-0.2, -0.15) is 11.8 Å². The second-order valence-corrected chi connectivity index (χ2v) is 8.05. The van der Waals surface area contributed by atoms with Gasteiger partial charge in [0, 0.05) is 5.54 Å². The standard InChI is InChI=1S/C9H17NO3S2/c10-8(1-4-14-5-2-8)9(11)3-6-15(12,13)7-9/h11H,1-7,10H2. The Hall–Kier alpha value is 0.220. The summed E-state index contributed by atoms with van der Waals surface area (Å²) in [5.74, 6) is 1.76. The Morgan fingerprint density at radius 2 is 1.80 bits per heavy atom. The van der Waals surface area contributed by atoms with Gasteiger partial charge in [-0.1, -0.05) is 0 Å². The predicted octanol–water partition coefficient (Wildman–Crippen LogP) is -0.240. The molecule has 0 bridgehead atoms. The van der Waals surface area contributed by atoms with Crippen LogP contribution in [-0.2, 0) is 9.84 Å². The topological polar surface area (TPSA) is 80.4 Å².